The third-order valence-electron chi connectivity index (χ3n) is 1.79. The van der Waals surface area contributed by atoms with E-state index in [4.69, 9.17) is 5.11 Å². The van der Waals surface area contributed by atoms with E-state index in [9.17, 15) is 0 Å². The van der Waals surface area contributed by atoms with Crippen molar-refractivity contribution in [2.45, 2.75) is 20.5 Å². The molecule has 1 aromatic carbocycles. The Bertz CT molecular complexity index is 269. The summed E-state index contributed by atoms with van der Waals surface area (Å²) in [5.41, 5.74) is 3.48. The molecular weight excluding hydrogens is 251 g/mol. The van der Waals surface area contributed by atoms with E-state index in [1.165, 1.54) is 14.7 Å². The summed E-state index contributed by atoms with van der Waals surface area (Å²) in [5.74, 6) is 0. The lowest BCUT2D eigenvalue weighted by atomic mass is 10.1. The van der Waals surface area contributed by atoms with E-state index >= 15 is 0 Å². The Morgan fingerprint density at radius 2 is 1.91 bits per heavy atom. The third-order valence-corrected chi connectivity index (χ3v) is 2.95. The molecule has 0 aliphatic rings. The van der Waals surface area contributed by atoms with E-state index in [-0.39, 0.29) is 6.61 Å². The molecule has 2 heteroatoms. The van der Waals surface area contributed by atoms with Gasteiger partial charge in [0.2, 0.25) is 0 Å². The molecular formula is C9H11IO. The van der Waals surface area contributed by atoms with Crippen molar-refractivity contribution in [3.63, 3.8) is 0 Å². The predicted molar refractivity (Wildman–Crippen MR) is 54.6 cm³/mol. The predicted octanol–water partition coefficient (Wildman–Crippen LogP) is 2.40. The van der Waals surface area contributed by atoms with E-state index in [2.05, 4.69) is 35.6 Å². The quantitative estimate of drug-likeness (QED) is 0.770. The summed E-state index contributed by atoms with van der Waals surface area (Å²) >= 11 is 2.28. The maximum absolute atomic E-state index is 8.93. The lowest BCUT2D eigenvalue weighted by Gasteiger charge is -2.05. The molecule has 0 bridgehead atoms. The Morgan fingerprint density at radius 3 is 2.45 bits per heavy atom. The van der Waals surface area contributed by atoms with Crippen molar-refractivity contribution in [1.82, 2.24) is 0 Å². The van der Waals surface area contributed by atoms with E-state index in [0.717, 1.165) is 5.56 Å². The highest BCUT2D eigenvalue weighted by atomic mass is 127. The highest BCUT2D eigenvalue weighted by molar-refractivity contribution is 14.1. The molecule has 0 saturated carbocycles. The first-order valence-electron chi connectivity index (χ1n) is 3.51. The zero-order chi connectivity index (χ0) is 8.43. The number of halogens is 1. The number of benzene rings is 1. The van der Waals surface area contributed by atoms with Gasteiger partial charge in [0.25, 0.3) is 0 Å². The molecule has 0 radical (unpaired) electrons. The molecule has 60 valence electrons. The highest BCUT2D eigenvalue weighted by Crippen LogP contribution is 2.17. The topological polar surface area (TPSA) is 20.2 Å². The maximum Gasteiger partial charge on any atom is 0.0684 e. The Labute approximate surface area is 80.6 Å². The van der Waals surface area contributed by atoms with Gasteiger partial charge in [-0.3, -0.25) is 0 Å². The number of rotatable bonds is 1. The molecule has 0 unspecified atom stereocenters. The van der Waals surface area contributed by atoms with E-state index in [1.54, 1.807) is 0 Å². The summed E-state index contributed by atoms with van der Waals surface area (Å²) in [6.45, 7) is 4.24. The molecule has 1 N–H and O–H groups in total. The maximum atomic E-state index is 8.93. The zero-order valence-electron chi connectivity index (χ0n) is 6.69. The lowest BCUT2D eigenvalue weighted by molar-refractivity contribution is 0.281. The van der Waals surface area contributed by atoms with Crippen LogP contribution in [0.4, 0.5) is 0 Å². The fourth-order valence-electron chi connectivity index (χ4n) is 1.04. The largest absolute Gasteiger partial charge is 0.392 e. The molecule has 1 nitrogen and oxygen atoms in total. The van der Waals surface area contributed by atoms with Gasteiger partial charge in [0, 0.05) is 3.57 Å². The van der Waals surface area contributed by atoms with Gasteiger partial charge in [-0.25, -0.2) is 0 Å². The van der Waals surface area contributed by atoms with Gasteiger partial charge in [-0.05, 0) is 59.2 Å². The molecule has 0 aliphatic carbocycles. The van der Waals surface area contributed by atoms with Crippen LogP contribution in [0.15, 0.2) is 12.1 Å². The fourth-order valence-corrected chi connectivity index (χ4v) is 1.57. The second kappa shape index (κ2) is 3.54. The number of hydrogen-bond donors (Lipinski definition) is 1. The zero-order valence-corrected chi connectivity index (χ0v) is 8.84. The monoisotopic (exact) mass is 262 g/mol. The Balaban J connectivity index is 3.21. The van der Waals surface area contributed by atoms with Crippen molar-refractivity contribution >= 4 is 22.6 Å². The van der Waals surface area contributed by atoms with Gasteiger partial charge in [-0.2, -0.15) is 0 Å². The SMILES string of the molecule is Cc1cc(C)c(CO)cc1I. The van der Waals surface area contributed by atoms with Crippen molar-refractivity contribution in [3.05, 3.63) is 32.4 Å². The second-order valence-electron chi connectivity index (χ2n) is 2.69. The minimum atomic E-state index is 0.141. The van der Waals surface area contributed by atoms with Gasteiger partial charge >= 0.3 is 0 Å². The number of aliphatic hydroxyl groups is 1. The van der Waals surface area contributed by atoms with Crippen molar-refractivity contribution in [3.8, 4) is 0 Å². The van der Waals surface area contributed by atoms with Crippen molar-refractivity contribution in [2.24, 2.45) is 0 Å². The van der Waals surface area contributed by atoms with Gasteiger partial charge in [-0.15, -0.1) is 0 Å². The molecule has 1 rings (SSSR count). The Morgan fingerprint density at radius 1 is 1.27 bits per heavy atom. The summed E-state index contributed by atoms with van der Waals surface area (Å²) in [4.78, 5) is 0. The van der Waals surface area contributed by atoms with E-state index in [0.29, 0.717) is 0 Å². The number of aryl methyl sites for hydroxylation is 2. The first-order chi connectivity index (χ1) is 5.15. The second-order valence-corrected chi connectivity index (χ2v) is 3.85. The van der Waals surface area contributed by atoms with Gasteiger partial charge in [0.1, 0.15) is 0 Å². The van der Waals surface area contributed by atoms with Gasteiger partial charge in [-0.1, -0.05) is 6.07 Å². The van der Waals surface area contributed by atoms with Crippen LogP contribution < -0.4 is 0 Å². The minimum Gasteiger partial charge on any atom is -0.392 e. The molecule has 0 saturated heterocycles. The molecule has 0 heterocycles. The molecule has 11 heavy (non-hydrogen) atoms. The number of aliphatic hydroxyl groups excluding tert-OH is 1. The molecule has 0 fully saturated rings. The molecule has 0 amide bonds. The Kier molecular flexibility index (Phi) is 2.90. The standard InChI is InChI=1S/C9H11IO/c1-6-3-7(2)9(10)4-8(6)5-11/h3-4,11H,5H2,1-2H3. The molecule has 0 spiro atoms. The van der Waals surface area contributed by atoms with Crippen molar-refractivity contribution in [1.29, 1.82) is 0 Å². The Hall–Kier alpha value is -0.0900. The summed E-state index contributed by atoms with van der Waals surface area (Å²) in [6.07, 6.45) is 0. The van der Waals surface area contributed by atoms with Crippen LogP contribution in [0.25, 0.3) is 0 Å². The molecule has 0 aliphatic heterocycles. The first-order valence-corrected chi connectivity index (χ1v) is 4.59. The third kappa shape index (κ3) is 1.93. The average Bonchev–Trinajstić information content (AvgIpc) is 1.97. The van der Waals surface area contributed by atoms with Gasteiger partial charge in [0.15, 0.2) is 0 Å². The summed E-state index contributed by atoms with van der Waals surface area (Å²) in [5, 5.41) is 8.93. The summed E-state index contributed by atoms with van der Waals surface area (Å²) in [7, 11) is 0. The fraction of sp³-hybridized carbons (Fsp3) is 0.333. The van der Waals surface area contributed by atoms with Crippen LogP contribution in [-0.4, -0.2) is 5.11 Å². The van der Waals surface area contributed by atoms with Crippen LogP contribution in [0.5, 0.6) is 0 Å². The van der Waals surface area contributed by atoms with Gasteiger partial charge in [0.05, 0.1) is 6.61 Å². The van der Waals surface area contributed by atoms with E-state index in [1.807, 2.05) is 13.0 Å². The van der Waals surface area contributed by atoms with Crippen molar-refractivity contribution < 1.29 is 5.11 Å². The first kappa shape index (κ1) is 9.00. The summed E-state index contributed by atoms with van der Waals surface area (Å²) < 4.78 is 1.22. The van der Waals surface area contributed by atoms with Gasteiger partial charge < -0.3 is 5.11 Å². The average molecular weight is 262 g/mol. The number of hydrogen-bond acceptors (Lipinski definition) is 1. The van der Waals surface area contributed by atoms with Crippen LogP contribution in [0, 0.1) is 17.4 Å². The molecule has 1 aromatic rings. The molecule has 0 atom stereocenters. The smallest absolute Gasteiger partial charge is 0.0684 e. The normalized spacial score (nSPS) is 10.2. The molecule has 0 aromatic heterocycles. The van der Waals surface area contributed by atoms with E-state index < -0.39 is 0 Å². The van der Waals surface area contributed by atoms with Crippen LogP contribution in [0.1, 0.15) is 16.7 Å². The lowest BCUT2D eigenvalue weighted by Crippen LogP contribution is -1.91. The van der Waals surface area contributed by atoms with Crippen LogP contribution in [-0.2, 0) is 6.61 Å². The van der Waals surface area contributed by atoms with Crippen LogP contribution >= 0.6 is 22.6 Å². The summed E-state index contributed by atoms with van der Waals surface area (Å²) in [6, 6.07) is 4.14. The van der Waals surface area contributed by atoms with Crippen LogP contribution in [0.3, 0.4) is 0 Å². The highest BCUT2D eigenvalue weighted by Gasteiger charge is 2.00. The van der Waals surface area contributed by atoms with Crippen LogP contribution in [0.2, 0.25) is 0 Å². The minimum absolute atomic E-state index is 0.141. The van der Waals surface area contributed by atoms with Crippen molar-refractivity contribution in [2.75, 3.05) is 0 Å².